The van der Waals surface area contributed by atoms with Crippen LogP contribution in [-0.4, -0.2) is 74.2 Å². The molecule has 2 aromatic carbocycles. The second-order valence-corrected chi connectivity index (χ2v) is 9.37. The van der Waals surface area contributed by atoms with E-state index in [1.165, 1.54) is 0 Å². The number of amides is 2. The largest absolute Gasteiger partial charge is 0.493 e. The summed E-state index contributed by atoms with van der Waals surface area (Å²) in [5, 5.41) is 1.15. The van der Waals surface area contributed by atoms with Gasteiger partial charge in [0, 0.05) is 56.4 Å². The smallest absolute Gasteiger partial charge is 0.242 e. The quantitative estimate of drug-likeness (QED) is 0.328. The molecule has 1 heterocycles. The van der Waals surface area contributed by atoms with Crippen molar-refractivity contribution in [2.24, 2.45) is 5.92 Å². The number of nitrogens with one attached hydrogen (secondary N) is 1. The third-order valence-corrected chi connectivity index (χ3v) is 6.41. The highest BCUT2D eigenvalue weighted by atomic mass is 16.5. The van der Waals surface area contributed by atoms with Crippen LogP contribution in [0.2, 0.25) is 0 Å². The van der Waals surface area contributed by atoms with Gasteiger partial charge in [0.1, 0.15) is 0 Å². The predicted octanol–water partition coefficient (Wildman–Crippen LogP) is 4.28. The van der Waals surface area contributed by atoms with Gasteiger partial charge in [-0.3, -0.25) is 9.59 Å². The fraction of sp³-hybridized carbons (Fsp3) is 0.448. The molecule has 0 aliphatic carbocycles. The number of H-pyrrole nitrogens is 1. The molecule has 0 saturated carbocycles. The molecular formula is C29H39N3O5. The Morgan fingerprint density at radius 2 is 1.70 bits per heavy atom. The topological polar surface area (TPSA) is 84.1 Å². The van der Waals surface area contributed by atoms with E-state index in [1.54, 1.807) is 26.2 Å². The Kier molecular flexibility index (Phi) is 10.4. The maximum Gasteiger partial charge on any atom is 0.242 e. The Morgan fingerprint density at radius 3 is 2.41 bits per heavy atom. The fourth-order valence-corrected chi connectivity index (χ4v) is 4.38. The molecule has 1 N–H and O–H groups in total. The maximum absolute atomic E-state index is 13.7. The van der Waals surface area contributed by atoms with Gasteiger partial charge in [-0.2, -0.15) is 0 Å². The zero-order valence-corrected chi connectivity index (χ0v) is 22.6. The highest BCUT2D eigenvalue weighted by molar-refractivity contribution is 5.86. The third kappa shape index (κ3) is 7.49. The van der Waals surface area contributed by atoms with Crippen molar-refractivity contribution in [1.29, 1.82) is 0 Å². The number of carbonyl (C=O) groups excluding carboxylic acids is 2. The van der Waals surface area contributed by atoms with E-state index in [9.17, 15) is 9.59 Å². The van der Waals surface area contributed by atoms with E-state index in [4.69, 9.17) is 14.2 Å². The van der Waals surface area contributed by atoms with E-state index in [0.717, 1.165) is 22.0 Å². The summed E-state index contributed by atoms with van der Waals surface area (Å²) < 4.78 is 16.0. The van der Waals surface area contributed by atoms with Crippen LogP contribution >= 0.6 is 0 Å². The van der Waals surface area contributed by atoms with Crippen molar-refractivity contribution >= 4 is 22.7 Å². The molecule has 0 aliphatic heterocycles. The number of benzene rings is 2. The first-order valence-corrected chi connectivity index (χ1v) is 12.7. The van der Waals surface area contributed by atoms with E-state index in [-0.39, 0.29) is 24.3 Å². The molecule has 0 saturated heterocycles. The van der Waals surface area contributed by atoms with Gasteiger partial charge in [0.05, 0.1) is 20.8 Å². The minimum absolute atomic E-state index is 0.0297. The Labute approximate surface area is 219 Å². The Bertz CT molecular complexity index is 1170. The number of nitrogens with zero attached hydrogens (tertiary/aromatic N) is 2. The van der Waals surface area contributed by atoms with Crippen LogP contribution in [0.25, 0.3) is 10.9 Å². The number of fused-ring (bicyclic) bond motifs is 1. The van der Waals surface area contributed by atoms with Gasteiger partial charge in [-0.25, -0.2) is 0 Å². The number of aromatic nitrogens is 1. The lowest BCUT2D eigenvalue weighted by Crippen LogP contribution is -2.45. The first-order valence-electron chi connectivity index (χ1n) is 12.7. The molecule has 0 bridgehead atoms. The molecular weight excluding hydrogens is 470 g/mol. The maximum atomic E-state index is 13.7. The second kappa shape index (κ2) is 13.7. The number of rotatable bonds is 14. The summed E-state index contributed by atoms with van der Waals surface area (Å²) in [5.41, 5.74) is 3.14. The van der Waals surface area contributed by atoms with Crippen LogP contribution in [-0.2, 0) is 27.3 Å². The average molecular weight is 510 g/mol. The van der Waals surface area contributed by atoms with Gasteiger partial charge >= 0.3 is 0 Å². The lowest BCUT2D eigenvalue weighted by Gasteiger charge is -2.29. The van der Waals surface area contributed by atoms with Crippen molar-refractivity contribution in [2.75, 3.05) is 47.6 Å². The summed E-state index contributed by atoms with van der Waals surface area (Å²) in [6, 6.07) is 13.8. The second-order valence-electron chi connectivity index (χ2n) is 9.37. The monoisotopic (exact) mass is 509 g/mol. The van der Waals surface area contributed by atoms with Crippen molar-refractivity contribution in [3.63, 3.8) is 0 Å². The van der Waals surface area contributed by atoms with Crippen molar-refractivity contribution in [2.45, 2.75) is 33.2 Å². The minimum Gasteiger partial charge on any atom is -0.493 e. The van der Waals surface area contributed by atoms with Crippen LogP contribution in [0.4, 0.5) is 0 Å². The SMILES string of the molecule is COCCCN(CC(=O)N(CCc1c[nH]c2ccccc12)Cc1ccc(OC)c(OC)c1)C(=O)C(C)C. The summed E-state index contributed by atoms with van der Waals surface area (Å²) >= 11 is 0. The van der Waals surface area contributed by atoms with Gasteiger partial charge < -0.3 is 29.0 Å². The van der Waals surface area contributed by atoms with Crippen LogP contribution < -0.4 is 9.47 Å². The normalized spacial score (nSPS) is 11.1. The number of methoxy groups -OCH3 is 3. The lowest BCUT2D eigenvalue weighted by atomic mass is 10.1. The summed E-state index contributed by atoms with van der Waals surface area (Å²) in [6.45, 7) is 5.65. The average Bonchev–Trinajstić information content (AvgIpc) is 3.32. The van der Waals surface area contributed by atoms with Gasteiger partial charge in [-0.05, 0) is 42.2 Å². The van der Waals surface area contributed by atoms with Crippen LogP contribution in [0, 0.1) is 5.92 Å². The number of carbonyl (C=O) groups is 2. The van der Waals surface area contributed by atoms with Gasteiger partial charge in [0.15, 0.2) is 11.5 Å². The zero-order valence-electron chi connectivity index (χ0n) is 22.6. The summed E-state index contributed by atoms with van der Waals surface area (Å²) in [6.07, 6.45) is 3.36. The predicted molar refractivity (Wildman–Crippen MR) is 145 cm³/mol. The van der Waals surface area contributed by atoms with Crippen molar-refractivity contribution in [3.05, 3.63) is 59.8 Å². The zero-order chi connectivity index (χ0) is 26.8. The Morgan fingerprint density at radius 1 is 0.946 bits per heavy atom. The van der Waals surface area contributed by atoms with Crippen LogP contribution in [0.5, 0.6) is 11.5 Å². The first kappa shape index (κ1) is 28.1. The van der Waals surface area contributed by atoms with Crippen LogP contribution in [0.3, 0.4) is 0 Å². The summed E-state index contributed by atoms with van der Waals surface area (Å²) in [7, 11) is 4.82. The van der Waals surface area contributed by atoms with Crippen LogP contribution in [0.1, 0.15) is 31.4 Å². The molecule has 200 valence electrons. The van der Waals surface area contributed by atoms with Crippen LogP contribution in [0.15, 0.2) is 48.7 Å². The molecule has 2 amide bonds. The van der Waals surface area contributed by atoms with E-state index in [1.807, 2.05) is 61.3 Å². The Hall–Kier alpha value is -3.52. The van der Waals surface area contributed by atoms with Gasteiger partial charge in [0.25, 0.3) is 0 Å². The summed E-state index contributed by atoms with van der Waals surface area (Å²) in [5.74, 6) is 0.920. The number of ether oxygens (including phenoxy) is 3. The van der Waals surface area contributed by atoms with E-state index >= 15 is 0 Å². The summed E-state index contributed by atoms with van der Waals surface area (Å²) in [4.78, 5) is 33.3. The van der Waals surface area contributed by atoms with E-state index in [0.29, 0.717) is 50.6 Å². The number of para-hydroxylation sites is 1. The molecule has 0 aliphatic rings. The molecule has 0 radical (unpaired) electrons. The fourth-order valence-electron chi connectivity index (χ4n) is 4.38. The molecule has 0 fully saturated rings. The highest BCUT2D eigenvalue weighted by Gasteiger charge is 2.23. The number of hydrogen-bond donors (Lipinski definition) is 1. The third-order valence-electron chi connectivity index (χ3n) is 6.41. The Balaban J connectivity index is 1.83. The van der Waals surface area contributed by atoms with E-state index in [2.05, 4.69) is 11.1 Å². The van der Waals surface area contributed by atoms with Gasteiger partial charge in [-0.15, -0.1) is 0 Å². The standard InChI is InChI=1S/C29H39N3O5/c1-21(2)29(34)32(14-8-16-35-3)20-28(33)31(19-22-11-12-26(36-4)27(17-22)37-5)15-13-23-18-30-25-10-7-6-9-24(23)25/h6-7,9-12,17-18,21,30H,8,13-16,19-20H2,1-5H3. The molecule has 0 unspecified atom stereocenters. The van der Waals surface area contributed by atoms with Gasteiger partial charge in [-0.1, -0.05) is 38.1 Å². The number of hydrogen-bond acceptors (Lipinski definition) is 5. The molecule has 3 rings (SSSR count). The van der Waals surface area contributed by atoms with Gasteiger partial charge in [0.2, 0.25) is 11.8 Å². The number of aromatic amines is 1. The molecule has 0 spiro atoms. The molecule has 3 aromatic rings. The van der Waals surface area contributed by atoms with E-state index < -0.39 is 0 Å². The van der Waals surface area contributed by atoms with Crippen molar-refractivity contribution in [1.82, 2.24) is 14.8 Å². The van der Waals surface area contributed by atoms with Crippen molar-refractivity contribution in [3.8, 4) is 11.5 Å². The molecule has 37 heavy (non-hydrogen) atoms. The minimum atomic E-state index is -0.194. The molecule has 8 nitrogen and oxygen atoms in total. The molecule has 1 aromatic heterocycles. The lowest BCUT2D eigenvalue weighted by molar-refractivity contribution is -0.142. The first-order chi connectivity index (χ1) is 17.9. The van der Waals surface area contributed by atoms with Crippen molar-refractivity contribution < 1.29 is 23.8 Å². The molecule has 0 atom stereocenters. The highest BCUT2D eigenvalue weighted by Crippen LogP contribution is 2.28. The molecule has 8 heteroatoms.